The number of benzene rings is 1. The molecule has 0 saturated heterocycles. The average Bonchev–Trinajstić information content (AvgIpc) is 2.30. The van der Waals surface area contributed by atoms with Crippen molar-refractivity contribution in [1.82, 2.24) is 5.43 Å². The number of hydrazone groups is 1. The van der Waals surface area contributed by atoms with E-state index in [-0.39, 0.29) is 5.56 Å². The first-order valence-corrected chi connectivity index (χ1v) is 4.66. The van der Waals surface area contributed by atoms with Gasteiger partial charge in [0.15, 0.2) is 5.54 Å². The fourth-order valence-corrected chi connectivity index (χ4v) is 1.59. The van der Waals surface area contributed by atoms with Crippen LogP contribution in [0, 0.1) is 0 Å². The Labute approximate surface area is 90.5 Å². The number of nitrogens with one attached hydrogen (secondary N) is 1. The van der Waals surface area contributed by atoms with Gasteiger partial charge in [0.05, 0.1) is 0 Å². The van der Waals surface area contributed by atoms with Gasteiger partial charge in [-0.3, -0.25) is 5.43 Å². The molecule has 1 aliphatic rings. The molecule has 2 nitrogen and oxygen atoms in total. The molecule has 1 unspecified atom stereocenters. The molecule has 1 N–H and O–H groups in total. The van der Waals surface area contributed by atoms with E-state index in [0.717, 1.165) is 6.08 Å². The smallest absolute Gasteiger partial charge is 0.286 e. The maximum Gasteiger partial charge on any atom is 0.420 e. The van der Waals surface area contributed by atoms with E-state index in [4.69, 9.17) is 0 Å². The quantitative estimate of drug-likeness (QED) is 0.782. The van der Waals surface area contributed by atoms with Gasteiger partial charge in [0.2, 0.25) is 0 Å². The zero-order valence-corrected chi connectivity index (χ0v) is 8.20. The molecule has 0 bridgehead atoms. The zero-order valence-electron chi connectivity index (χ0n) is 8.20. The van der Waals surface area contributed by atoms with E-state index in [1.807, 2.05) is 0 Å². The van der Waals surface area contributed by atoms with E-state index in [0.29, 0.717) is 0 Å². The van der Waals surface area contributed by atoms with Crippen molar-refractivity contribution >= 4 is 6.21 Å². The molecule has 1 atom stereocenters. The third kappa shape index (κ3) is 1.58. The Morgan fingerprint density at radius 2 is 1.81 bits per heavy atom. The first-order chi connectivity index (χ1) is 7.56. The van der Waals surface area contributed by atoms with E-state index < -0.39 is 11.7 Å². The lowest BCUT2D eigenvalue weighted by molar-refractivity contribution is -0.185. The second kappa shape index (κ2) is 3.66. The Kier molecular flexibility index (Phi) is 2.46. The van der Waals surface area contributed by atoms with Gasteiger partial charge in [0.1, 0.15) is 0 Å². The molecule has 16 heavy (non-hydrogen) atoms. The van der Waals surface area contributed by atoms with Gasteiger partial charge in [-0.2, -0.15) is 18.3 Å². The third-order valence-electron chi connectivity index (χ3n) is 2.42. The number of hydrogen-bond donors (Lipinski definition) is 1. The summed E-state index contributed by atoms with van der Waals surface area (Å²) in [6.45, 7) is 0. The Hall–Kier alpha value is -1.78. The largest absolute Gasteiger partial charge is 0.420 e. The molecule has 0 aliphatic carbocycles. The van der Waals surface area contributed by atoms with Crippen LogP contribution in [0.1, 0.15) is 5.56 Å². The van der Waals surface area contributed by atoms with E-state index in [1.165, 1.54) is 24.4 Å². The maximum atomic E-state index is 13.1. The molecule has 0 fully saturated rings. The molecule has 2 rings (SSSR count). The lowest BCUT2D eigenvalue weighted by Crippen LogP contribution is -2.51. The highest BCUT2D eigenvalue weighted by atomic mass is 19.4. The van der Waals surface area contributed by atoms with Gasteiger partial charge in [-0.05, 0) is 17.7 Å². The van der Waals surface area contributed by atoms with E-state index in [9.17, 15) is 13.2 Å². The van der Waals surface area contributed by atoms with Crippen LogP contribution >= 0.6 is 0 Å². The molecule has 0 aromatic heterocycles. The van der Waals surface area contributed by atoms with Gasteiger partial charge in [0.25, 0.3) is 0 Å². The standard InChI is InChI=1S/C11H9F3N2/c12-11(13,14)10(7-4-8-15-16-10)9-5-2-1-3-6-9/h1-8,16H. The summed E-state index contributed by atoms with van der Waals surface area (Å²) in [5, 5.41) is 3.49. The summed E-state index contributed by atoms with van der Waals surface area (Å²) in [4.78, 5) is 0. The van der Waals surface area contributed by atoms with Gasteiger partial charge in [-0.25, -0.2) is 0 Å². The normalized spacial score (nSPS) is 24.2. The van der Waals surface area contributed by atoms with Crippen LogP contribution in [0.5, 0.6) is 0 Å². The number of nitrogens with zero attached hydrogens (tertiary/aromatic N) is 1. The first-order valence-electron chi connectivity index (χ1n) is 4.66. The monoisotopic (exact) mass is 226 g/mol. The molecule has 1 aromatic carbocycles. The topological polar surface area (TPSA) is 24.4 Å². The summed E-state index contributed by atoms with van der Waals surface area (Å²) in [5.74, 6) is 0. The minimum absolute atomic E-state index is 0.121. The number of halogens is 3. The molecular weight excluding hydrogens is 217 g/mol. The predicted molar refractivity (Wildman–Crippen MR) is 54.9 cm³/mol. The average molecular weight is 226 g/mol. The van der Waals surface area contributed by atoms with Crippen molar-refractivity contribution < 1.29 is 13.2 Å². The summed E-state index contributed by atoms with van der Waals surface area (Å²) >= 11 is 0. The van der Waals surface area contributed by atoms with E-state index in [1.54, 1.807) is 18.2 Å². The number of alkyl halides is 3. The highest BCUT2D eigenvalue weighted by molar-refractivity contribution is 5.72. The summed E-state index contributed by atoms with van der Waals surface area (Å²) in [5.41, 5.74) is 0.0482. The first kappa shape index (κ1) is 10.7. The third-order valence-corrected chi connectivity index (χ3v) is 2.42. The Morgan fingerprint density at radius 3 is 2.31 bits per heavy atom. The minimum atomic E-state index is -4.44. The number of hydrogen-bond acceptors (Lipinski definition) is 2. The Bertz CT molecular complexity index is 423. The van der Waals surface area contributed by atoms with Crippen LogP contribution in [0.15, 0.2) is 47.6 Å². The molecular formula is C11H9F3N2. The van der Waals surface area contributed by atoms with Crippen molar-refractivity contribution in [1.29, 1.82) is 0 Å². The Morgan fingerprint density at radius 1 is 1.12 bits per heavy atom. The van der Waals surface area contributed by atoms with Gasteiger partial charge < -0.3 is 0 Å². The van der Waals surface area contributed by atoms with Crippen LogP contribution < -0.4 is 5.43 Å². The minimum Gasteiger partial charge on any atom is -0.286 e. The van der Waals surface area contributed by atoms with Crippen LogP contribution in [-0.4, -0.2) is 12.4 Å². The van der Waals surface area contributed by atoms with Crippen LogP contribution in [-0.2, 0) is 5.54 Å². The SMILES string of the molecule is FC(F)(F)C1(c2ccccc2)C=CC=NN1. The summed E-state index contributed by atoms with van der Waals surface area (Å²) < 4.78 is 39.3. The zero-order chi connectivity index (χ0) is 11.6. The molecule has 84 valence electrons. The maximum absolute atomic E-state index is 13.1. The van der Waals surface area contributed by atoms with Crippen molar-refractivity contribution in [3.63, 3.8) is 0 Å². The van der Waals surface area contributed by atoms with Crippen molar-refractivity contribution in [2.75, 3.05) is 0 Å². The van der Waals surface area contributed by atoms with Crippen molar-refractivity contribution in [3.05, 3.63) is 48.0 Å². The van der Waals surface area contributed by atoms with Gasteiger partial charge in [0, 0.05) is 6.21 Å². The van der Waals surface area contributed by atoms with Crippen molar-refractivity contribution in [2.24, 2.45) is 5.10 Å². The van der Waals surface area contributed by atoms with Crippen LogP contribution in [0.2, 0.25) is 0 Å². The highest BCUT2D eigenvalue weighted by Gasteiger charge is 2.55. The molecule has 0 spiro atoms. The summed E-state index contributed by atoms with van der Waals surface area (Å²) in [7, 11) is 0. The van der Waals surface area contributed by atoms with Gasteiger partial charge in [-0.1, -0.05) is 30.3 Å². The lowest BCUT2D eigenvalue weighted by Gasteiger charge is -2.34. The molecule has 5 heteroatoms. The van der Waals surface area contributed by atoms with Crippen LogP contribution in [0.25, 0.3) is 0 Å². The van der Waals surface area contributed by atoms with Gasteiger partial charge in [-0.15, -0.1) is 0 Å². The molecule has 0 radical (unpaired) electrons. The van der Waals surface area contributed by atoms with Crippen molar-refractivity contribution in [3.8, 4) is 0 Å². The van der Waals surface area contributed by atoms with Gasteiger partial charge >= 0.3 is 6.18 Å². The Balaban J connectivity index is 2.52. The fraction of sp³-hybridized carbons (Fsp3) is 0.182. The van der Waals surface area contributed by atoms with Crippen LogP contribution in [0.4, 0.5) is 13.2 Å². The molecule has 0 saturated carbocycles. The summed E-state index contributed by atoms with van der Waals surface area (Å²) in [6.07, 6.45) is -0.804. The second-order valence-corrected chi connectivity index (χ2v) is 3.42. The molecule has 1 heterocycles. The second-order valence-electron chi connectivity index (χ2n) is 3.42. The number of allylic oxidation sites excluding steroid dienone is 1. The van der Waals surface area contributed by atoms with E-state index >= 15 is 0 Å². The molecule has 1 aliphatic heterocycles. The highest BCUT2D eigenvalue weighted by Crippen LogP contribution is 2.40. The van der Waals surface area contributed by atoms with E-state index in [2.05, 4.69) is 10.5 Å². The van der Waals surface area contributed by atoms with Crippen molar-refractivity contribution in [2.45, 2.75) is 11.7 Å². The van der Waals surface area contributed by atoms with Crippen LogP contribution in [0.3, 0.4) is 0 Å². The predicted octanol–water partition coefficient (Wildman–Crippen LogP) is 2.59. The fourth-order valence-electron chi connectivity index (χ4n) is 1.59. The molecule has 0 amide bonds. The molecule has 1 aromatic rings. The number of rotatable bonds is 1. The lowest BCUT2D eigenvalue weighted by atomic mass is 9.89. The summed E-state index contributed by atoms with van der Waals surface area (Å²) in [6, 6.07) is 7.65.